The fourth-order valence-corrected chi connectivity index (χ4v) is 5.71. The van der Waals surface area contributed by atoms with Crippen LogP contribution in [-0.4, -0.2) is 38.9 Å². The molecule has 7 nitrogen and oxygen atoms in total. The van der Waals surface area contributed by atoms with E-state index in [1.807, 2.05) is 13.8 Å². The lowest BCUT2D eigenvalue weighted by molar-refractivity contribution is -0.124. The number of nitrogens with one attached hydrogen (secondary N) is 2. The van der Waals surface area contributed by atoms with Crippen molar-refractivity contribution in [3.8, 4) is 0 Å². The number of carbonyl (C=O) groups excluding carboxylic acids is 2. The van der Waals surface area contributed by atoms with Crippen molar-refractivity contribution in [2.75, 3.05) is 11.4 Å². The van der Waals surface area contributed by atoms with E-state index in [1.165, 1.54) is 25.8 Å². The Kier molecular flexibility index (Phi) is 7.18. The number of nitrogens with zero attached hydrogens (tertiary/aromatic N) is 1. The number of anilines is 1. The summed E-state index contributed by atoms with van der Waals surface area (Å²) >= 11 is 0. The second kappa shape index (κ2) is 9.47. The number of benzene rings is 1. The highest BCUT2D eigenvalue weighted by Crippen LogP contribution is 2.30. The summed E-state index contributed by atoms with van der Waals surface area (Å²) in [6.45, 7) is 5.74. The molecular weight excluding hydrogens is 402 g/mol. The number of carbonyl (C=O) groups is 2. The number of rotatable bonds is 6. The standard InChI is InChI=1S/C22H33N3O4S/c1-15(2)21(22(27)23-18-8-6-4-5-7-9-18)24-30(28,29)19-10-11-20-17(14-19)12-13-25(20)16(3)26/h10-11,14-15,18,21,24H,4-9,12-13H2,1-3H3,(H,23,27). The van der Waals surface area contributed by atoms with Crippen LogP contribution in [0.2, 0.25) is 0 Å². The lowest BCUT2D eigenvalue weighted by Gasteiger charge is -2.25. The molecule has 1 aromatic carbocycles. The van der Waals surface area contributed by atoms with E-state index < -0.39 is 16.1 Å². The third-order valence-electron chi connectivity index (χ3n) is 6.07. The zero-order valence-electron chi connectivity index (χ0n) is 18.1. The molecule has 1 atom stereocenters. The van der Waals surface area contributed by atoms with Crippen molar-refractivity contribution in [1.29, 1.82) is 0 Å². The van der Waals surface area contributed by atoms with Crippen LogP contribution in [0.1, 0.15) is 64.9 Å². The molecular formula is C22H33N3O4S. The highest BCUT2D eigenvalue weighted by molar-refractivity contribution is 7.89. The quantitative estimate of drug-likeness (QED) is 0.672. The van der Waals surface area contributed by atoms with Crippen LogP contribution in [0.3, 0.4) is 0 Å². The SMILES string of the molecule is CC(=O)N1CCc2cc(S(=O)(=O)NC(C(=O)NC3CCCCCC3)C(C)C)ccc21. The molecule has 3 rings (SSSR count). The van der Waals surface area contributed by atoms with Crippen LogP contribution in [0.25, 0.3) is 0 Å². The number of sulfonamides is 1. The maximum Gasteiger partial charge on any atom is 0.241 e. The van der Waals surface area contributed by atoms with Crippen LogP contribution in [0.15, 0.2) is 23.1 Å². The fourth-order valence-electron chi connectivity index (χ4n) is 4.31. The average Bonchev–Trinajstić information content (AvgIpc) is 2.95. The zero-order valence-corrected chi connectivity index (χ0v) is 18.9. The number of hydrogen-bond acceptors (Lipinski definition) is 4. The van der Waals surface area contributed by atoms with Gasteiger partial charge in [-0.1, -0.05) is 39.5 Å². The van der Waals surface area contributed by atoms with Crippen molar-refractivity contribution < 1.29 is 18.0 Å². The van der Waals surface area contributed by atoms with Gasteiger partial charge in [-0.05, 0) is 48.9 Å². The van der Waals surface area contributed by atoms with Crippen molar-refractivity contribution in [2.45, 2.75) is 82.7 Å². The maximum atomic E-state index is 13.0. The van der Waals surface area contributed by atoms with E-state index >= 15 is 0 Å². The van der Waals surface area contributed by atoms with Crippen molar-refractivity contribution in [2.24, 2.45) is 5.92 Å². The third kappa shape index (κ3) is 5.21. The van der Waals surface area contributed by atoms with Gasteiger partial charge in [-0.2, -0.15) is 4.72 Å². The monoisotopic (exact) mass is 435 g/mol. The lowest BCUT2D eigenvalue weighted by Crippen LogP contribution is -2.51. The highest BCUT2D eigenvalue weighted by Gasteiger charge is 2.31. The molecule has 1 heterocycles. The third-order valence-corrected chi connectivity index (χ3v) is 7.51. The van der Waals surface area contributed by atoms with E-state index in [2.05, 4.69) is 10.0 Å². The summed E-state index contributed by atoms with van der Waals surface area (Å²) in [5, 5.41) is 3.06. The first-order valence-corrected chi connectivity index (χ1v) is 12.4. The van der Waals surface area contributed by atoms with E-state index in [0.717, 1.165) is 36.9 Å². The van der Waals surface area contributed by atoms with E-state index in [9.17, 15) is 18.0 Å². The molecule has 2 amide bonds. The van der Waals surface area contributed by atoms with Crippen LogP contribution >= 0.6 is 0 Å². The van der Waals surface area contributed by atoms with E-state index in [1.54, 1.807) is 17.0 Å². The zero-order chi connectivity index (χ0) is 21.9. The first-order chi connectivity index (χ1) is 14.2. The molecule has 1 aromatic rings. The van der Waals surface area contributed by atoms with Gasteiger partial charge in [-0.25, -0.2) is 8.42 Å². The van der Waals surface area contributed by atoms with Crippen LogP contribution in [0.4, 0.5) is 5.69 Å². The average molecular weight is 436 g/mol. The molecule has 1 saturated carbocycles. The molecule has 0 bridgehead atoms. The maximum absolute atomic E-state index is 13.0. The highest BCUT2D eigenvalue weighted by atomic mass is 32.2. The second-order valence-corrected chi connectivity index (χ2v) is 10.5. The molecule has 1 unspecified atom stereocenters. The van der Waals surface area contributed by atoms with Crippen LogP contribution in [-0.2, 0) is 26.0 Å². The summed E-state index contributed by atoms with van der Waals surface area (Å²) < 4.78 is 28.7. The molecule has 0 spiro atoms. The number of fused-ring (bicyclic) bond motifs is 1. The summed E-state index contributed by atoms with van der Waals surface area (Å²) in [6.07, 6.45) is 7.07. The summed E-state index contributed by atoms with van der Waals surface area (Å²) in [6, 6.07) is 4.07. The van der Waals surface area contributed by atoms with Crippen LogP contribution in [0, 0.1) is 5.92 Å². The van der Waals surface area contributed by atoms with Gasteiger partial charge in [0.1, 0.15) is 6.04 Å². The van der Waals surface area contributed by atoms with Gasteiger partial charge in [0, 0.05) is 25.2 Å². The van der Waals surface area contributed by atoms with Gasteiger partial charge in [0.25, 0.3) is 0 Å². The Morgan fingerprint density at radius 1 is 1.10 bits per heavy atom. The van der Waals surface area contributed by atoms with Gasteiger partial charge in [-0.15, -0.1) is 0 Å². The Labute approximate surface area is 179 Å². The number of amides is 2. The van der Waals surface area contributed by atoms with Gasteiger partial charge in [-0.3, -0.25) is 9.59 Å². The molecule has 0 radical (unpaired) electrons. The molecule has 1 aliphatic heterocycles. The van der Waals surface area contributed by atoms with Gasteiger partial charge in [0.2, 0.25) is 21.8 Å². The van der Waals surface area contributed by atoms with Gasteiger partial charge < -0.3 is 10.2 Å². The summed E-state index contributed by atoms with van der Waals surface area (Å²) in [4.78, 5) is 26.4. The summed E-state index contributed by atoms with van der Waals surface area (Å²) in [5.74, 6) is -0.505. The summed E-state index contributed by atoms with van der Waals surface area (Å²) in [5.41, 5.74) is 1.59. The topological polar surface area (TPSA) is 95.6 Å². The Hall–Kier alpha value is -1.93. The minimum absolute atomic E-state index is 0.0578. The molecule has 0 aromatic heterocycles. The smallest absolute Gasteiger partial charge is 0.241 e. The predicted octanol–water partition coefficient (Wildman–Crippen LogP) is 2.74. The number of hydrogen-bond donors (Lipinski definition) is 2. The van der Waals surface area contributed by atoms with Crippen molar-refractivity contribution >= 4 is 27.5 Å². The normalized spacial score (nSPS) is 18.7. The Bertz CT molecular complexity index is 890. The first-order valence-electron chi connectivity index (χ1n) is 10.9. The van der Waals surface area contributed by atoms with Crippen LogP contribution < -0.4 is 14.9 Å². The van der Waals surface area contributed by atoms with Gasteiger partial charge in [0.05, 0.1) is 4.90 Å². The van der Waals surface area contributed by atoms with E-state index in [0.29, 0.717) is 13.0 Å². The molecule has 2 N–H and O–H groups in total. The molecule has 0 saturated heterocycles. The van der Waals surface area contributed by atoms with E-state index in [4.69, 9.17) is 0 Å². The Morgan fingerprint density at radius 3 is 2.37 bits per heavy atom. The molecule has 1 aliphatic carbocycles. The van der Waals surface area contributed by atoms with Crippen molar-refractivity contribution in [3.05, 3.63) is 23.8 Å². The van der Waals surface area contributed by atoms with E-state index in [-0.39, 0.29) is 28.7 Å². The second-order valence-electron chi connectivity index (χ2n) is 8.75. The molecule has 8 heteroatoms. The largest absolute Gasteiger partial charge is 0.352 e. The van der Waals surface area contributed by atoms with Crippen molar-refractivity contribution in [1.82, 2.24) is 10.0 Å². The van der Waals surface area contributed by atoms with Crippen LogP contribution in [0.5, 0.6) is 0 Å². The molecule has 2 aliphatic rings. The Balaban J connectivity index is 1.74. The Morgan fingerprint density at radius 2 is 1.77 bits per heavy atom. The minimum Gasteiger partial charge on any atom is -0.352 e. The summed E-state index contributed by atoms with van der Waals surface area (Å²) in [7, 11) is -3.87. The minimum atomic E-state index is -3.87. The lowest BCUT2D eigenvalue weighted by atomic mass is 10.0. The molecule has 166 valence electrons. The molecule has 1 fully saturated rings. The first kappa shape index (κ1) is 22.7. The fraction of sp³-hybridized carbons (Fsp3) is 0.636. The molecule has 30 heavy (non-hydrogen) atoms. The predicted molar refractivity (Wildman–Crippen MR) is 117 cm³/mol. The van der Waals surface area contributed by atoms with Gasteiger partial charge >= 0.3 is 0 Å². The van der Waals surface area contributed by atoms with Gasteiger partial charge in [0.15, 0.2) is 0 Å². The van der Waals surface area contributed by atoms with Crippen molar-refractivity contribution in [3.63, 3.8) is 0 Å².